The number of nitrogens with one attached hydrogen (secondary N) is 1. The van der Waals surface area contributed by atoms with Crippen molar-refractivity contribution in [1.82, 2.24) is 10.3 Å². The molecule has 3 aromatic rings. The van der Waals surface area contributed by atoms with Crippen LogP contribution in [0.2, 0.25) is 0 Å². The average molecular weight is 280 g/mol. The van der Waals surface area contributed by atoms with Crippen LogP contribution in [0, 0.1) is 0 Å². The van der Waals surface area contributed by atoms with Gasteiger partial charge in [0.1, 0.15) is 5.76 Å². The van der Waals surface area contributed by atoms with Gasteiger partial charge in [-0.25, -0.2) is 0 Å². The number of para-hydroxylation sites is 1. The molecule has 3 nitrogen and oxygen atoms in total. The van der Waals surface area contributed by atoms with E-state index in [1.807, 2.05) is 31.4 Å². The number of benzene rings is 1. The summed E-state index contributed by atoms with van der Waals surface area (Å²) in [5.41, 5.74) is 2.41. The van der Waals surface area contributed by atoms with Crippen molar-refractivity contribution in [2.24, 2.45) is 0 Å². The highest BCUT2D eigenvalue weighted by Gasteiger charge is 2.11. The van der Waals surface area contributed by atoms with E-state index in [0.717, 1.165) is 30.5 Å². The topological polar surface area (TPSA) is 38.1 Å². The van der Waals surface area contributed by atoms with Crippen LogP contribution in [0.5, 0.6) is 0 Å². The van der Waals surface area contributed by atoms with Crippen molar-refractivity contribution in [3.05, 3.63) is 66.2 Å². The second-order valence-corrected chi connectivity index (χ2v) is 5.29. The van der Waals surface area contributed by atoms with Crippen molar-refractivity contribution in [3.8, 4) is 0 Å². The molecule has 3 rings (SSSR count). The molecule has 2 aromatic heterocycles. The van der Waals surface area contributed by atoms with Gasteiger partial charge in [-0.3, -0.25) is 4.98 Å². The number of furan rings is 1. The number of aromatic nitrogens is 1. The fourth-order valence-corrected chi connectivity index (χ4v) is 2.72. The summed E-state index contributed by atoms with van der Waals surface area (Å²) < 4.78 is 5.41. The Bertz CT molecular complexity index is 686. The zero-order valence-corrected chi connectivity index (χ0v) is 12.3. The summed E-state index contributed by atoms with van der Waals surface area (Å²) in [7, 11) is 2.02. The maximum absolute atomic E-state index is 5.41. The first-order chi connectivity index (χ1) is 10.4. The Morgan fingerprint density at radius 2 is 2.05 bits per heavy atom. The lowest BCUT2D eigenvalue weighted by Crippen LogP contribution is -2.28. The predicted octanol–water partition coefficient (Wildman–Crippen LogP) is 3.59. The van der Waals surface area contributed by atoms with Crippen LogP contribution in [-0.4, -0.2) is 18.1 Å². The minimum absolute atomic E-state index is 0.431. The Labute approximate surface area is 125 Å². The summed E-state index contributed by atoms with van der Waals surface area (Å²) in [6.45, 7) is 0. The summed E-state index contributed by atoms with van der Waals surface area (Å²) in [6, 6.07) is 14.9. The third-order valence-electron chi connectivity index (χ3n) is 3.93. The molecule has 0 aliphatic heterocycles. The fraction of sp³-hybridized carbons (Fsp3) is 0.278. The molecule has 2 heterocycles. The van der Waals surface area contributed by atoms with E-state index in [4.69, 9.17) is 4.42 Å². The molecule has 0 radical (unpaired) electrons. The van der Waals surface area contributed by atoms with Crippen LogP contribution >= 0.6 is 0 Å². The molecule has 0 saturated carbocycles. The Balaban J connectivity index is 1.73. The van der Waals surface area contributed by atoms with Crippen molar-refractivity contribution in [3.63, 3.8) is 0 Å². The molecule has 21 heavy (non-hydrogen) atoms. The minimum Gasteiger partial charge on any atom is -0.469 e. The molecule has 1 aromatic carbocycles. The Hall–Kier alpha value is -2.13. The van der Waals surface area contributed by atoms with Crippen molar-refractivity contribution in [1.29, 1.82) is 0 Å². The van der Waals surface area contributed by atoms with Gasteiger partial charge in [0.2, 0.25) is 0 Å². The van der Waals surface area contributed by atoms with E-state index in [1.54, 1.807) is 6.26 Å². The van der Waals surface area contributed by atoms with Crippen LogP contribution < -0.4 is 5.32 Å². The zero-order chi connectivity index (χ0) is 14.5. The largest absolute Gasteiger partial charge is 0.469 e. The van der Waals surface area contributed by atoms with Crippen molar-refractivity contribution >= 4 is 10.9 Å². The summed E-state index contributed by atoms with van der Waals surface area (Å²) >= 11 is 0. The second kappa shape index (κ2) is 6.55. The molecule has 1 N–H and O–H groups in total. The first kappa shape index (κ1) is 13.8. The van der Waals surface area contributed by atoms with Crippen molar-refractivity contribution in [2.45, 2.75) is 25.3 Å². The van der Waals surface area contributed by atoms with Crippen LogP contribution in [0.15, 0.2) is 59.3 Å². The van der Waals surface area contributed by atoms with E-state index in [9.17, 15) is 0 Å². The number of fused-ring (bicyclic) bond motifs is 1. The van der Waals surface area contributed by atoms with Gasteiger partial charge in [-0.1, -0.05) is 18.2 Å². The zero-order valence-electron chi connectivity index (χ0n) is 12.3. The Morgan fingerprint density at radius 3 is 2.86 bits per heavy atom. The first-order valence-corrected chi connectivity index (χ1v) is 7.39. The maximum Gasteiger partial charge on any atom is 0.103 e. The number of aryl methyl sites for hydroxylation is 1. The third kappa shape index (κ3) is 3.31. The van der Waals surface area contributed by atoms with E-state index < -0.39 is 0 Å². The quantitative estimate of drug-likeness (QED) is 0.750. The SMILES string of the molecule is CNC(CCc1ccco1)Cc1ccnc2ccccc12. The molecule has 0 fully saturated rings. The normalized spacial score (nSPS) is 12.6. The highest BCUT2D eigenvalue weighted by molar-refractivity contribution is 5.81. The second-order valence-electron chi connectivity index (χ2n) is 5.29. The molecule has 1 atom stereocenters. The van der Waals surface area contributed by atoms with Crippen LogP contribution in [0.3, 0.4) is 0 Å². The summed E-state index contributed by atoms with van der Waals surface area (Å²) in [5.74, 6) is 1.05. The highest BCUT2D eigenvalue weighted by atomic mass is 16.3. The lowest BCUT2D eigenvalue weighted by atomic mass is 9.98. The lowest BCUT2D eigenvalue weighted by Gasteiger charge is -2.16. The highest BCUT2D eigenvalue weighted by Crippen LogP contribution is 2.19. The van der Waals surface area contributed by atoms with Gasteiger partial charge in [0.05, 0.1) is 11.8 Å². The van der Waals surface area contributed by atoms with E-state index in [0.29, 0.717) is 6.04 Å². The standard InChI is InChI=1S/C18H20N2O/c1-19-15(8-9-16-5-4-12-21-16)13-14-10-11-20-18-7-3-2-6-17(14)18/h2-7,10-12,15,19H,8-9,13H2,1H3. The first-order valence-electron chi connectivity index (χ1n) is 7.39. The van der Waals surface area contributed by atoms with Gasteiger partial charge in [0.15, 0.2) is 0 Å². The summed E-state index contributed by atoms with van der Waals surface area (Å²) in [5, 5.41) is 4.66. The van der Waals surface area contributed by atoms with Gasteiger partial charge < -0.3 is 9.73 Å². The molecule has 0 spiro atoms. The van der Waals surface area contributed by atoms with Crippen LogP contribution in [0.1, 0.15) is 17.7 Å². The molecule has 1 unspecified atom stereocenters. The predicted molar refractivity (Wildman–Crippen MR) is 85.3 cm³/mol. The number of hydrogen-bond acceptors (Lipinski definition) is 3. The molecular formula is C18H20N2O. The van der Waals surface area contributed by atoms with Crippen LogP contribution in [-0.2, 0) is 12.8 Å². The molecule has 0 aliphatic rings. The van der Waals surface area contributed by atoms with Gasteiger partial charge in [-0.15, -0.1) is 0 Å². The number of rotatable bonds is 6. The molecule has 0 bridgehead atoms. The van der Waals surface area contributed by atoms with Crippen LogP contribution in [0.25, 0.3) is 10.9 Å². The Morgan fingerprint density at radius 1 is 1.14 bits per heavy atom. The maximum atomic E-state index is 5.41. The molecular weight excluding hydrogens is 260 g/mol. The number of nitrogens with zero attached hydrogens (tertiary/aromatic N) is 1. The van der Waals surface area contributed by atoms with Crippen LogP contribution in [0.4, 0.5) is 0 Å². The molecule has 3 heteroatoms. The number of likely N-dealkylation sites (N-methyl/N-ethyl adjacent to an activating group) is 1. The average Bonchev–Trinajstić information content (AvgIpc) is 3.05. The van der Waals surface area contributed by atoms with Crippen molar-refractivity contribution < 1.29 is 4.42 Å². The number of hydrogen-bond donors (Lipinski definition) is 1. The van der Waals surface area contributed by atoms with Gasteiger partial charge in [-0.2, -0.15) is 0 Å². The fourth-order valence-electron chi connectivity index (χ4n) is 2.72. The minimum atomic E-state index is 0.431. The van der Waals surface area contributed by atoms with Gasteiger partial charge >= 0.3 is 0 Å². The smallest absolute Gasteiger partial charge is 0.103 e. The van der Waals surface area contributed by atoms with E-state index in [2.05, 4.69) is 34.6 Å². The number of pyridine rings is 1. The van der Waals surface area contributed by atoms with Gasteiger partial charge in [0.25, 0.3) is 0 Å². The lowest BCUT2D eigenvalue weighted by molar-refractivity contribution is 0.460. The van der Waals surface area contributed by atoms with Gasteiger partial charge in [0, 0.05) is 24.0 Å². The van der Waals surface area contributed by atoms with Crippen molar-refractivity contribution in [2.75, 3.05) is 7.05 Å². The monoisotopic (exact) mass is 280 g/mol. The molecule has 108 valence electrons. The van der Waals surface area contributed by atoms with Gasteiger partial charge in [-0.05, 0) is 49.7 Å². The summed E-state index contributed by atoms with van der Waals surface area (Å²) in [6.07, 6.45) is 6.65. The third-order valence-corrected chi connectivity index (χ3v) is 3.93. The molecule has 0 amide bonds. The summed E-state index contributed by atoms with van der Waals surface area (Å²) in [4.78, 5) is 4.43. The van der Waals surface area contributed by atoms with E-state index in [-0.39, 0.29) is 0 Å². The molecule has 0 aliphatic carbocycles. The van der Waals surface area contributed by atoms with E-state index >= 15 is 0 Å². The Kier molecular flexibility index (Phi) is 4.31. The molecule has 0 saturated heterocycles. The van der Waals surface area contributed by atoms with E-state index in [1.165, 1.54) is 10.9 Å².